The van der Waals surface area contributed by atoms with Crippen molar-refractivity contribution in [2.45, 2.75) is 11.3 Å². The number of hydrogen-bond donors (Lipinski definition) is 0. The first-order chi connectivity index (χ1) is 6.61. The lowest BCUT2D eigenvalue weighted by molar-refractivity contribution is 0.147. The summed E-state index contributed by atoms with van der Waals surface area (Å²) in [4.78, 5) is 0.344. The summed E-state index contributed by atoms with van der Waals surface area (Å²) in [6.45, 7) is 0. The van der Waals surface area contributed by atoms with Crippen molar-refractivity contribution >= 4 is 27.7 Å². The van der Waals surface area contributed by atoms with Crippen LogP contribution in [0.2, 0.25) is 0 Å². The van der Waals surface area contributed by atoms with E-state index in [1.807, 2.05) is 6.07 Å². The lowest BCUT2D eigenvalue weighted by Gasteiger charge is -2.09. The summed E-state index contributed by atoms with van der Waals surface area (Å²) < 4.78 is 25.6. The van der Waals surface area contributed by atoms with Crippen molar-refractivity contribution < 1.29 is 8.78 Å². The molecule has 0 saturated heterocycles. The quantitative estimate of drug-likeness (QED) is 0.764. The molecule has 1 nitrogen and oxygen atoms in total. The average molecular weight is 278 g/mol. The van der Waals surface area contributed by atoms with Crippen LogP contribution in [0.3, 0.4) is 0 Å². The van der Waals surface area contributed by atoms with Crippen molar-refractivity contribution in [2.75, 3.05) is 6.26 Å². The molecule has 0 aliphatic carbocycles. The lowest BCUT2D eigenvalue weighted by Crippen LogP contribution is -1.93. The fraction of sp³-hybridized carbons (Fsp3) is 0.222. The zero-order valence-electron chi connectivity index (χ0n) is 7.22. The molecule has 1 aromatic rings. The van der Waals surface area contributed by atoms with E-state index in [1.54, 1.807) is 6.26 Å². The van der Waals surface area contributed by atoms with Crippen LogP contribution in [-0.4, -0.2) is 6.26 Å². The van der Waals surface area contributed by atoms with E-state index in [0.717, 1.165) is 11.8 Å². The van der Waals surface area contributed by atoms with Gasteiger partial charge >= 0.3 is 0 Å². The Labute approximate surface area is 93.2 Å². The van der Waals surface area contributed by atoms with Crippen molar-refractivity contribution in [1.82, 2.24) is 0 Å². The molecule has 0 saturated carbocycles. The Bertz CT molecular complexity index is 387. The first kappa shape index (κ1) is 11.5. The molecule has 0 radical (unpaired) electrons. The van der Waals surface area contributed by atoms with Gasteiger partial charge in [-0.05, 0) is 18.4 Å². The highest BCUT2D eigenvalue weighted by molar-refractivity contribution is 9.10. The maximum Gasteiger partial charge on any atom is 0.266 e. The van der Waals surface area contributed by atoms with E-state index in [4.69, 9.17) is 5.26 Å². The second-order valence-electron chi connectivity index (χ2n) is 2.45. The van der Waals surface area contributed by atoms with Crippen molar-refractivity contribution in [3.63, 3.8) is 0 Å². The predicted molar refractivity (Wildman–Crippen MR) is 55.6 cm³/mol. The normalized spacial score (nSPS) is 10.3. The highest BCUT2D eigenvalue weighted by Crippen LogP contribution is 2.37. The summed E-state index contributed by atoms with van der Waals surface area (Å²) in [5.41, 5.74) is 0.188. The number of benzene rings is 1. The van der Waals surface area contributed by atoms with Gasteiger partial charge in [0.2, 0.25) is 0 Å². The number of thioether (sulfide) groups is 1. The van der Waals surface area contributed by atoms with E-state index in [9.17, 15) is 8.78 Å². The molecule has 0 bridgehead atoms. The molecule has 0 atom stereocenters. The predicted octanol–water partition coefficient (Wildman–Crippen LogP) is 3.98. The molecule has 0 spiro atoms. The minimum absolute atomic E-state index is 0.100. The van der Waals surface area contributed by atoms with Crippen LogP contribution in [0.15, 0.2) is 21.5 Å². The van der Waals surface area contributed by atoms with Gasteiger partial charge < -0.3 is 0 Å². The topological polar surface area (TPSA) is 23.8 Å². The fourth-order valence-electron chi connectivity index (χ4n) is 1.09. The Hall–Kier alpha value is -0.600. The number of hydrogen-bond acceptors (Lipinski definition) is 2. The van der Waals surface area contributed by atoms with Gasteiger partial charge in [0, 0.05) is 14.9 Å². The summed E-state index contributed by atoms with van der Waals surface area (Å²) in [6.07, 6.45) is -0.894. The summed E-state index contributed by atoms with van der Waals surface area (Å²) >= 11 is 4.21. The SMILES string of the molecule is CSc1c(C#N)ccc(Br)c1C(F)F. The molecule has 0 N–H and O–H groups in total. The minimum Gasteiger partial charge on any atom is -0.205 e. The molecule has 14 heavy (non-hydrogen) atoms. The van der Waals surface area contributed by atoms with Gasteiger partial charge in [-0.15, -0.1) is 11.8 Å². The summed E-state index contributed by atoms with van der Waals surface area (Å²) in [5, 5.41) is 8.72. The molecule has 0 heterocycles. The molecule has 0 amide bonds. The van der Waals surface area contributed by atoms with Gasteiger partial charge in [-0.1, -0.05) is 15.9 Å². The summed E-state index contributed by atoms with van der Waals surface area (Å²) in [5.74, 6) is 0. The maximum absolute atomic E-state index is 12.6. The third-order valence-corrected chi connectivity index (χ3v) is 3.23. The van der Waals surface area contributed by atoms with E-state index < -0.39 is 6.43 Å². The number of nitrogens with zero attached hydrogens (tertiary/aromatic N) is 1. The average Bonchev–Trinajstić information content (AvgIpc) is 2.16. The smallest absolute Gasteiger partial charge is 0.205 e. The van der Waals surface area contributed by atoms with Crippen LogP contribution in [0.4, 0.5) is 8.78 Å². The highest BCUT2D eigenvalue weighted by Gasteiger charge is 2.19. The Morgan fingerprint density at radius 3 is 2.57 bits per heavy atom. The maximum atomic E-state index is 12.6. The number of halogens is 3. The van der Waals surface area contributed by atoms with E-state index in [0.29, 0.717) is 9.37 Å². The Morgan fingerprint density at radius 2 is 2.14 bits per heavy atom. The molecule has 0 unspecified atom stereocenters. The Morgan fingerprint density at radius 1 is 1.50 bits per heavy atom. The van der Waals surface area contributed by atoms with E-state index in [-0.39, 0.29) is 11.1 Å². The van der Waals surface area contributed by atoms with Gasteiger partial charge in [0.15, 0.2) is 0 Å². The van der Waals surface area contributed by atoms with Crippen molar-refractivity contribution in [3.8, 4) is 6.07 Å². The van der Waals surface area contributed by atoms with E-state index >= 15 is 0 Å². The minimum atomic E-state index is -2.57. The molecule has 5 heteroatoms. The van der Waals surface area contributed by atoms with Gasteiger partial charge in [0.1, 0.15) is 6.07 Å². The van der Waals surface area contributed by atoms with Crippen LogP contribution in [0.1, 0.15) is 17.6 Å². The second kappa shape index (κ2) is 4.76. The van der Waals surface area contributed by atoms with Gasteiger partial charge in [0.05, 0.1) is 5.56 Å². The van der Waals surface area contributed by atoms with Gasteiger partial charge in [0.25, 0.3) is 6.43 Å². The van der Waals surface area contributed by atoms with Crippen LogP contribution >= 0.6 is 27.7 Å². The van der Waals surface area contributed by atoms with Crippen LogP contribution in [0.25, 0.3) is 0 Å². The van der Waals surface area contributed by atoms with Crippen molar-refractivity contribution in [2.24, 2.45) is 0 Å². The number of nitriles is 1. The van der Waals surface area contributed by atoms with Gasteiger partial charge in [-0.3, -0.25) is 0 Å². The highest BCUT2D eigenvalue weighted by atomic mass is 79.9. The molecule has 0 aliphatic rings. The summed E-state index contributed by atoms with van der Waals surface area (Å²) in [6, 6.07) is 4.90. The summed E-state index contributed by atoms with van der Waals surface area (Å²) in [7, 11) is 0. The van der Waals surface area contributed by atoms with E-state index in [1.165, 1.54) is 12.1 Å². The van der Waals surface area contributed by atoms with Crippen molar-refractivity contribution in [1.29, 1.82) is 5.26 Å². The first-order valence-corrected chi connectivity index (χ1v) is 5.68. The molecule has 74 valence electrons. The molecule has 1 aromatic carbocycles. The molecular weight excluding hydrogens is 272 g/mol. The van der Waals surface area contributed by atoms with Crippen LogP contribution in [-0.2, 0) is 0 Å². The van der Waals surface area contributed by atoms with Crippen LogP contribution < -0.4 is 0 Å². The molecular formula is C9H6BrF2NS. The largest absolute Gasteiger partial charge is 0.266 e. The lowest BCUT2D eigenvalue weighted by atomic mass is 10.1. The number of alkyl halides is 2. The first-order valence-electron chi connectivity index (χ1n) is 3.66. The standard InChI is InChI=1S/C9H6BrF2NS/c1-14-8-5(4-13)2-3-6(10)7(8)9(11)12/h2-3,9H,1H3. The zero-order valence-corrected chi connectivity index (χ0v) is 9.62. The fourth-order valence-corrected chi connectivity index (χ4v) is 2.47. The van der Waals surface area contributed by atoms with Gasteiger partial charge in [-0.25, -0.2) is 8.78 Å². The van der Waals surface area contributed by atoms with Crippen LogP contribution in [0, 0.1) is 11.3 Å². The second-order valence-corrected chi connectivity index (χ2v) is 4.13. The molecule has 1 rings (SSSR count). The zero-order chi connectivity index (χ0) is 10.7. The molecule has 0 aromatic heterocycles. The van der Waals surface area contributed by atoms with E-state index in [2.05, 4.69) is 15.9 Å². The Balaban J connectivity index is 3.45. The molecule has 0 fully saturated rings. The number of rotatable bonds is 2. The third kappa shape index (κ3) is 2.07. The van der Waals surface area contributed by atoms with Crippen LogP contribution in [0.5, 0.6) is 0 Å². The third-order valence-electron chi connectivity index (χ3n) is 1.69. The monoisotopic (exact) mass is 277 g/mol. The molecule has 0 aliphatic heterocycles. The Kier molecular flexibility index (Phi) is 3.90. The van der Waals surface area contributed by atoms with Crippen molar-refractivity contribution in [3.05, 3.63) is 27.7 Å². The van der Waals surface area contributed by atoms with Gasteiger partial charge in [-0.2, -0.15) is 5.26 Å².